The van der Waals surface area contributed by atoms with Crippen LogP contribution in [-0.4, -0.2) is 42.3 Å². The molecule has 0 radical (unpaired) electrons. The average molecular weight is 684 g/mol. The van der Waals surface area contributed by atoms with Crippen molar-refractivity contribution in [3.8, 4) is 22.6 Å². The molecule has 0 saturated carbocycles. The van der Waals surface area contributed by atoms with Gasteiger partial charge in [-0.1, -0.05) is 91.9 Å². The smallest absolute Gasteiger partial charge is 0.319 e. The van der Waals surface area contributed by atoms with Gasteiger partial charge in [-0.2, -0.15) is 0 Å². The lowest BCUT2D eigenvalue weighted by Gasteiger charge is -2.42. The number of likely N-dealkylation sites (N-methyl/N-ethyl adjacent to an activating group) is 1. The summed E-state index contributed by atoms with van der Waals surface area (Å²) < 4.78 is 19.2. The van der Waals surface area contributed by atoms with Gasteiger partial charge in [-0.15, -0.1) is 6.58 Å². The van der Waals surface area contributed by atoms with Gasteiger partial charge in [0.1, 0.15) is 11.5 Å². The number of nitrogens with one attached hydrogen (secondary N) is 2. The maximum atomic E-state index is 12.8. The summed E-state index contributed by atoms with van der Waals surface area (Å²) in [7, 11) is 2.07. The Morgan fingerprint density at radius 1 is 0.824 bits per heavy atom. The van der Waals surface area contributed by atoms with Crippen LogP contribution in [-0.2, 0) is 22.6 Å². The average Bonchev–Trinajstić information content (AvgIpc) is 3.16. The maximum absolute atomic E-state index is 12.8. The number of aliphatic hydroxyl groups excluding tert-OH is 1. The lowest BCUT2D eigenvalue weighted by atomic mass is 9.90. The maximum Gasteiger partial charge on any atom is 0.319 e. The minimum Gasteiger partial charge on any atom is -0.457 e. The van der Waals surface area contributed by atoms with Gasteiger partial charge < -0.3 is 34.9 Å². The van der Waals surface area contributed by atoms with Crippen LogP contribution in [0.25, 0.3) is 11.1 Å². The van der Waals surface area contributed by atoms with Crippen molar-refractivity contribution in [2.75, 3.05) is 25.5 Å². The van der Waals surface area contributed by atoms with Crippen molar-refractivity contribution in [3.63, 3.8) is 0 Å². The summed E-state index contributed by atoms with van der Waals surface area (Å²) in [6, 6.07) is 40.9. The molecule has 0 aromatic heterocycles. The molecule has 1 aliphatic rings. The first-order valence-corrected chi connectivity index (χ1v) is 17.3. The largest absolute Gasteiger partial charge is 0.457 e. The van der Waals surface area contributed by atoms with Crippen molar-refractivity contribution in [1.82, 2.24) is 10.2 Å². The van der Waals surface area contributed by atoms with Crippen LogP contribution in [0.1, 0.15) is 41.6 Å². The molecule has 5 aromatic carbocycles. The van der Waals surface area contributed by atoms with E-state index in [0.29, 0.717) is 18.0 Å². The van der Waals surface area contributed by atoms with Gasteiger partial charge in [0.25, 0.3) is 0 Å². The predicted molar refractivity (Wildman–Crippen MR) is 201 cm³/mol. The van der Waals surface area contributed by atoms with E-state index in [-0.39, 0.29) is 30.8 Å². The Morgan fingerprint density at radius 3 is 2.25 bits per heavy atom. The number of para-hydroxylation sites is 1. The number of rotatable bonds is 13. The lowest BCUT2D eigenvalue weighted by Crippen LogP contribution is -2.43. The van der Waals surface area contributed by atoms with E-state index in [9.17, 15) is 9.90 Å². The Morgan fingerprint density at radius 2 is 1.53 bits per heavy atom. The molecule has 4 atom stereocenters. The van der Waals surface area contributed by atoms with Crippen molar-refractivity contribution < 1.29 is 24.1 Å². The van der Waals surface area contributed by atoms with E-state index in [1.807, 2.05) is 109 Å². The molecule has 3 N–H and O–H groups in total. The number of ether oxygens (including phenoxy) is 3. The topological polar surface area (TPSA) is 92.3 Å². The van der Waals surface area contributed by atoms with Gasteiger partial charge in [0.05, 0.1) is 18.8 Å². The van der Waals surface area contributed by atoms with Gasteiger partial charge >= 0.3 is 6.03 Å². The second-order valence-corrected chi connectivity index (χ2v) is 12.9. The number of amides is 2. The van der Waals surface area contributed by atoms with Crippen LogP contribution >= 0.6 is 0 Å². The van der Waals surface area contributed by atoms with Crippen molar-refractivity contribution in [2.45, 2.75) is 38.6 Å². The quantitative estimate of drug-likeness (QED) is 0.107. The van der Waals surface area contributed by atoms with Gasteiger partial charge in [0.15, 0.2) is 6.29 Å². The number of carbonyl (C=O) groups is 1. The Labute approximate surface area is 300 Å². The fraction of sp³-hybridized carbons (Fsp3) is 0.233. The van der Waals surface area contributed by atoms with Crippen LogP contribution in [0.2, 0.25) is 0 Å². The number of hydrogen-bond donors (Lipinski definition) is 3. The van der Waals surface area contributed by atoms with E-state index in [4.69, 9.17) is 14.2 Å². The molecule has 1 aliphatic heterocycles. The van der Waals surface area contributed by atoms with Gasteiger partial charge in [-0.25, -0.2) is 4.79 Å². The van der Waals surface area contributed by atoms with Gasteiger partial charge in [-0.05, 0) is 83.4 Å². The second-order valence-electron chi connectivity index (χ2n) is 12.9. The Kier molecular flexibility index (Phi) is 11.9. The van der Waals surface area contributed by atoms with E-state index in [2.05, 4.69) is 60.3 Å². The predicted octanol–water partition coefficient (Wildman–Crippen LogP) is 8.87. The molecular formula is C43H45N3O5. The molecule has 5 aromatic rings. The van der Waals surface area contributed by atoms with Crippen molar-refractivity contribution in [3.05, 3.63) is 162 Å². The third-order valence-electron chi connectivity index (χ3n) is 9.02. The highest BCUT2D eigenvalue weighted by Gasteiger charge is 2.38. The van der Waals surface area contributed by atoms with Gasteiger partial charge in [0.2, 0.25) is 0 Å². The Bertz CT molecular complexity index is 1880. The molecule has 1 saturated heterocycles. The third-order valence-corrected chi connectivity index (χ3v) is 9.02. The second kappa shape index (κ2) is 17.1. The Hall–Kier alpha value is -5.25. The molecule has 1 heterocycles. The number of aliphatic hydroxyl groups is 1. The molecular weight excluding hydrogens is 638 g/mol. The van der Waals surface area contributed by atoms with E-state index >= 15 is 0 Å². The summed E-state index contributed by atoms with van der Waals surface area (Å²) in [6.07, 6.45) is 1.05. The van der Waals surface area contributed by atoms with Crippen LogP contribution in [0.4, 0.5) is 10.5 Å². The fourth-order valence-electron chi connectivity index (χ4n) is 6.24. The van der Waals surface area contributed by atoms with E-state index in [1.54, 1.807) is 0 Å². The molecule has 0 spiro atoms. The minimum atomic E-state index is -0.571. The number of carbonyl (C=O) groups excluding carboxylic acids is 1. The van der Waals surface area contributed by atoms with Crippen LogP contribution in [0.15, 0.2) is 140 Å². The van der Waals surface area contributed by atoms with E-state index in [1.165, 1.54) is 0 Å². The highest BCUT2D eigenvalue weighted by atomic mass is 16.7. The summed E-state index contributed by atoms with van der Waals surface area (Å²) in [5, 5.41) is 15.4. The molecule has 2 amide bonds. The molecule has 51 heavy (non-hydrogen) atoms. The van der Waals surface area contributed by atoms with Crippen LogP contribution in [0, 0.1) is 5.92 Å². The lowest BCUT2D eigenvalue weighted by molar-refractivity contribution is -0.275. The highest BCUT2D eigenvalue weighted by Crippen LogP contribution is 2.42. The summed E-state index contributed by atoms with van der Waals surface area (Å²) in [5.74, 6) is 1.53. The van der Waals surface area contributed by atoms with Gasteiger partial charge in [0, 0.05) is 36.8 Å². The number of benzene rings is 5. The van der Waals surface area contributed by atoms with Crippen LogP contribution < -0.4 is 15.4 Å². The normalized spacial score (nSPS) is 18.6. The first-order chi connectivity index (χ1) is 24.9. The summed E-state index contributed by atoms with van der Waals surface area (Å²) in [5.41, 5.74) is 6.52. The molecule has 6 rings (SSSR count). The molecule has 1 fully saturated rings. The van der Waals surface area contributed by atoms with Crippen molar-refractivity contribution >= 4 is 11.7 Å². The molecule has 0 bridgehead atoms. The molecule has 8 nitrogen and oxygen atoms in total. The van der Waals surface area contributed by atoms with Crippen molar-refractivity contribution in [1.29, 1.82) is 0 Å². The summed E-state index contributed by atoms with van der Waals surface area (Å²) in [4.78, 5) is 15.0. The monoisotopic (exact) mass is 683 g/mol. The summed E-state index contributed by atoms with van der Waals surface area (Å²) in [6.45, 7) is 7.91. The number of urea groups is 1. The molecule has 0 aliphatic carbocycles. The van der Waals surface area contributed by atoms with E-state index in [0.717, 1.165) is 52.2 Å². The van der Waals surface area contributed by atoms with E-state index < -0.39 is 6.29 Å². The minimum absolute atomic E-state index is 0.000197. The molecule has 262 valence electrons. The zero-order valence-corrected chi connectivity index (χ0v) is 29.1. The third kappa shape index (κ3) is 9.51. The van der Waals surface area contributed by atoms with Crippen molar-refractivity contribution in [2.24, 2.45) is 5.92 Å². The molecule has 4 unspecified atom stereocenters. The van der Waals surface area contributed by atoms with Crippen LogP contribution in [0.5, 0.6) is 11.5 Å². The number of hydrogen-bond acceptors (Lipinski definition) is 6. The van der Waals surface area contributed by atoms with Gasteiger partial charge in [-0.3, -0.25) is 0 Å². The zero-order chi connectivity index (χ0) is 35.6. The SMILES string of the molecule is C=CCN(C)CC1OC(c2cccc(-c3cccc(CNC(=O)Nc4ccc(Oc5ccccc5)cc4)c3)c2)OC(c2ccc(CO)cc2)C1C. The fourth-order valence-corrected chi connectivity index (χ4v) is 6.24. The van der Waals surface area contributed by atoms with Crippen LogP contribution in [0.3, 0.4) is 0 Å². The first-order valence-electron chi connectivity index (χ1n) is 17.3. The number of anilines is 1. The number of nitrogens with zero attached hydrogens (tertiary/aromatic N) is 1. The highest BCUT2D eigenvalue weighted by molar-refractivity contribution is 5.89. The summed E-state index contributed by atoms with van der Waals surface area (Å²) >= 11 is 0. The molecule has 8 heteroatoms. The first kappa shape index (κ1) is 35.6. The standard InChI is InChI=1S/C43H45N3O5/c1-4-24-46(3)28-40-30(2)41(33-18-16-31(29-47)17-19-33)51-42(50-40)36-13-9-12-35(26-36)34-11-8-10-32(25-34)27-44-43(48)45-37-20-22-39(23-21-37)49-38-14-6-5-7-15-38/h4-23,25-26,30,40-42,47H,1,24,27-29H2,2-3H3,(H2,44,45,48). The zero-order valence-electron chi connectivity index (χ0n) is 29.1. The Balaban J connectivity index is 1.11.